The van der Waals surface area contributed by atoms with Gasteiger partial charge in [-0.05, 0) is 55.7 Å². The van der Waals surface area contributed by atoms with Gasteiger partial charge < -0.3 is 4.90 Å². The standard InChI is InChI=1S/C18H17NO2/c1-13(20)15-9-10-17-16(12-15)8-5-11-19(17)18(21)14-6-3-2-4-7-14/h2-4,6-7,9-10,12H,5,8,11H2,1H3. The van der Waals surface area contributed by atoms with Gasteiger partial charge in [-0.1, -0.05) is 18.2 Å². The highest BCUT2D eigenvalue weighted by Crippen LogP contribution is 2.29. The Kier molecular flexibility index (Phi) is 3.57. The van der Waals surface area contributed by atoms with Gasteiger partial charge in [0.05, 0.1) is 0 Å². The molecule has 106 valence electrons. The largest absolute Gasteiger partial charge is 0.308 e. The van der Waals surface area contributed by atoms with Gasteiger partial charge in [0.1, 0.15) is 0 Å². The van der Waals surface area contributed by atoms with E-state index in [1.54, 1.807) is 13.0 Å². The van der Waals surface area contributed by atoms with E-state index in [2.05, 4.69) is 0 Å². The van der Waals surface area contributed by atoms with E-state index < -0.39 is 0 Å². The maximum Gasteiger partial charge on any atom is 0.258 e. The van der Waals surface area contributed by atoms with Gasteiger partial charge >= 0.3 is 0 Å². The van der Waals surface area contributed by atoms with E-state index in [9.17, 15) is 9.59 Å². The van der Waals surface area contributed by atoms with Crippen LogP contribution in [0.4, 0.5) is 5.69 Å². The second-order valence-corrected chi connectivity index (χ2v) is 5.33. The number of carbonyl (C=O) groups is 2. The van der Waals surface area contributed by atoms with Crippen molar-refractivity contribution in [1.29, 1.82) is 0 Å². The van der Waals surface area contributed by atoms with Gasteiger partial charge in [-0.25, -0.2) is 0 Å². The summed E-state index contributed by atoms with van der Waals surface area (Å²) in [6.07, 6.45) is 1.84. The maximum atomic E-state index is 12.6. The smallest absolute Gasteiger partial charge is 0.258 e. The van der Waals surface area contributed by atoms with Crippen LogP contribution in [0.2, 0.25) is 0 Å². The molecule has 1 amide bonds. The summed E-state index contributed by atoms with van der Waals surface area (Å²) in [7, 11) is 0. The van der Waals surface area contributed by atoms with Crippen molar-refractivity contribution in [3.63, 3.8) is 0 Å². The Labute approximate surface area is 124 Å². The zero-order valence-electron chi connectivity index (χ0n) is 12.0. The molecule has 0 saturated carbocycles. The number of ketones is 1. The molecule has 1 heterocycles. The molecule has 0 fully saturated rings. The van der Waals surface area contributed by atoms with E-state index in [1.165, 1.54) is 0 Å². The minimum absolute atomic E-state index is 0.0205. The minimum Gasteiger partial charge on any atom is -0.308 e. The third kappa shape index (κ3) is 2.59. The molecule has 0 atom stereocenters. The Morgan fingerprint density at radius 1 is 1.00 bits per heavy atom. The molecule has 0 aromatic heterocycles. The number of carbonyl (C=O) groups excluding carboxylic acids is 2. The van der Waals surface area contributed by atoms with Crippen LogP contribution in [-0.2, 0) is 6.42 Å². The van der Waals surface area contributed by atoms with Crippen LogP contribution in [0, 0.1) is 0 Å². The summed E-state index contributed by atoms with van der Waals surface area (Å²) in [4.78, 5) is 25.9. The first kappa shape index (κ1) is 13.6. The second kappa shape index (κ2) is 5.52. The van der Waals surface area contributed by atoms with Gasteiger partial charge in [-0.3, -0.25) is 9.59 Å². The molecule has 0 aliphatic carbocycles. The minimum atomic E-state index is 0.0205. The molecule has 0 radical (unpaired) electrons. The van der Waals surface area contributed by atoms with Crippen LogP contribution in [0.1, 0.15) is 39.6 Å². The van der Waals surface area contributed by atoms with Gasteiger partial charge in [0.2, 0.25) is 0 Å². The number of Topliss-reactive ketones (excluding diaryl/α,β-unsaturated/α-hetero) is 1. The maximum absolute atomic E-state index is 12.6. The van der Waals surface area contributed by atoms with Crippen LogP contribution >= 0.6 is 0 Å². The molecule has 0 saturated heterocycles. The average molecular weight is 279 g/mol. The van der Waals surface area contributed by atoms with Crippen molar-refractivity contribution >= 4 is 17.4 Å². The van der Waals surface area contributed by atoms with Crippen LogP contribution in [0.25, 0.3) is 0 Å². The Bertz CT molecular complexity index is 692. The first-order valence-electron chi connectivity index (χ1n) is 7.17. The summed E-state index contributed by atoms with van der Waals surface area (Å²) in [5.74, 6) is 0.0800. The Morgan fingerprint density at radius 2 is 1.76 bits per heavy atom. The summed E-state index contributed by atoms with van der Waals surface area (Å²) in [6.45, 7) is 2.29. The zero-order valence-corrected chi connectivity index (χ0v) is 12.0. The fraction of sp³-hybridized carbons (Fsp3) is 0.222. The molecule has 21 heavy (non-hydrogen) atoms. The number of anilines is 1. The van der Waals surface area contributed by atoms with Gasteiger partial charge in [0.15, 0.2) is 5.78 Å². The summed E-state index contributed by atoms with van der Waals surface area (Å²) in [5, 5.41) is 0. The lowest BCUT2D eigenvalue weighted by atomic mass is 9.97. The summed E-state index contributed by atoms with van der Waals surface area (Å²) < 4.78 is 0. The summed E-state index contributed by atoms with van der Waals surface area (Å²) >= 11 is 0. The van der Waals surface area contributed by atoms with Crippen LogP contribution < -0.4 is 4.90 Å². The molecule has 1 aliphatic rings. The number of fused-ring (bicyclic) bond motifs is 1. The Hall–Kier alpha value is -2.42. The average Bonchev–Trinajstić information content (AvgIpc) is 2.54. The van der Waals surface area contributed by atoms with Crippen LogP contribution in [0.15, 0.2) is 48.5 Å². The normalized spacial score (nSPS) is 13.7. The number of amides is 1. The molecule has 0 bridgehead atoms. The molecule has 3 rings (SSSR count). The van der Waals surface area contributed by atoms with Gasteiger partial charge in [0, 0.05) is 23.4 Å². The highest BCUT2D eigenvalue weighted by molar-refractivity contribution is 6.07. The number of aryl methyl sites for hydroxylation is 1. The molecule has 1 aliphatic heterocycles. The lowest BCUT2D eigenvalue weighted by Crippen LogP contribution is -2.35. The van der Waals surface area contributed by atoms with Crippen molar-refractivity contribution < 1.29 is 9.59 Å². The van der Waals surface area contributed by atoms with Crippen molar-refractivity contribution in [2.45, 2.75) is 19.8 Å². The van der Waals surface area contributed by atoms with E-state index in [0.717, 1.165) is 30.6 Å². The van der Waals surface area contributed by atoms with Gasteiger partial charge in [-0.15, -0.1) is 0 Å². The van der Waals surface area contributed by atoms with Crippen molar-refractivity contribution in [2.24, 2.45) is 0 Å². The van der Waals surface area contributed by atoms with Crippen LogP contribution in [0.5, 0.6) is 0 Å². The third-order valence-corrected chi connectivity index (χ3v) is 3.87. The lowest BCUT2D eigenvalue weighted by Gasteiger charge is -2.30. The Balaban J connectivity index is 1.97. The van der Waals surface area contributed by atoms with Crippen molar-refractivity contribution in [3.8, 4) is 0 Å². The highest BCUT2D eigenvalue weighted by atomic mass is 16.2. The summed E-state index contributed by atoms with van der Waals surface area (Å²) in [6, 6.07) is 14.9. The quantitative estimate of drug-likeness (QED) is 0.789. The zero-order chi connectivity index (χ0) is 14.8. The molecule has 0 N–H and O–H groups in total. The highest BCUT2D eigenvalue weighted by Gasteiger charge is 2.23. The van der Waals surface area contributed by atoms with Gasteiger partial charge in [-0.2, -0.15) is 0 Å². The molecule has 0 unspecified atom stereocenters. The fourth-order valence-corrected chi connectivity index (χ4v) is 2.76. The number of hydrogen-bond acceptors (Lipinski definition) is 2. The van der Waals surface area contributed by atoms with E-state index >= 15 is 0 Å². The fourth-order valence-electron chi connectivity index (χ4n) is 2.76. The van der Waals surface area contributed by atoms with Crippen molar-refractivity contribution in [1.82, 2.24) is 0 Å². The second-order valence-electron chi connectivity index (χ2n) is 5.33. The van der Waals surface area contributed by atoms with E-state index in [-0.39, 0.29) is 11.7 Å². The molecule has 0 spiro atoms. The first-order chi connectivity index (χ1) is 10.2. The van der Waals surface area contributed by atoms with Crippen LogP contribution in [-0.4, -0.2) is 18.2 Å². The summed E-state index contributed by atoms with van der Waals surface area (Å²) in [5.41, 5.74) is 3.42. The van der Waals surface area contributed by atoms with E-state index in [4.69, 9.17) is 0 Å². The molecule has 3 nitrogen and oxygen atoms in total. The van der Waals surface area contributed by atoms with E-state index in [1.807, 2.05) is 47.4 Å². The third-order valence-electron chi connectivity index (χ3n) is 3.87. The molecular weight excluding hydrogens is 262 g/mol. The Morgan fingerprint density at radius 3 is 2.48 bits per heavy atom. The topological polar surface area (TPSA) is 37.4 Å². The number of rotatable bonds is 2. The predicted molar refractivity (Wildman–Crippen MR) is 82.9 cm³/mol. The van der Waals surface area contributed by atoms with E-state index in [0.29, 0.717) is 11.1 Å². The number of hydrogen-bond donors (Lipinski definition) is 0. The molecule has 2 aromatic carbocycles. The predicted octanol–water partition coefficient (Wildman–Crippen LogP) is 3.48. The lowest BCUT2D eigenvalue weighted by molar-refractivity contribution is 0.0984. The SMILES string of the molecule is CC(=O)c1ccc2c(c1)CCCN2C(=O)c1ccccc1. The number of nitrogens with zero attached hydrogens (tertiary/aromatic N) is 1. The first-order valence-corrected chi connectivity index (χ1v) is 7.17. The molecular formula is C18H17NO2. The van der Waals surface area contributed by atoms with Crippen molar-refractivity contribution in [3.05, 3.63) is 65.2 Å². The molecule has 2 aromatic rings. The van der Waals surface area contributed by atoms with Crippen LogP contribution in [0.3, 0.4) is 0 Å². The number of benzene rings is 2. The van der Waals surface area contributed by atoms with Gasteiger partial charge in [0.25, 0.3) is 5.91 Å². The van der Waals surface area contributed by atoms with Crippen molar-refractivity contribution in [2.75, 3.05) is 11.4 Å². The molecule has 3 heteroatoms. The monoisotopic (exact) mass is 279 g/mol.